The molecule has 2 aliphatic heterocycles. The minimum atomic E-state index is -3.49. The zero-order valence-corrected chi connectivity index (χ0v) is 13.0. The number of carbonyl (C=O) groups excluding carboxylic acids is 1. The average molecular weight is 332 g/mol. The molecule has 1 saturated heterocycles. The molecule has 1 aromatic rings. The lowest BCUT2D eigenvalue weighted by Crippen LogP contribution is -2.46. The van der Waals surface area contributed by atoms with Gasteiger partial charge in [0.05, 0.1) is 21.0 Å². The van der Waals surface area contributed by atoms with Gasteiger partial charge in [0.1, 0.15) is 5.78 Å². The van der Waals surface area contributed by atoms with Crippen LogP contribution in [0, 0.1) is 11.8 Å². The Morgan fingerprint density at radius 2 is 2.26 bits per heavy atom. The van der Waals surface area contributed by atoms with Gasteiger partial charge >= 0.3 is 0 Å². The lowest BCUT2D eigenvalue weighted by atomic mass is 9.80. The number of ether oxygens (including phenoxy) is 2. The van der Waals surface area contributed by atoms with Crippen molar-refractivity contribution >= 4 is 5.78 Å². The quantitative estimate of drug-likeness (QED) is 0.849. The molecule has 0 spiro atoms. The molecule has 0 bridgehead atoms. The average Bonchev–Trinajstić information content (AvgIpc) is 2.70. The smallest absolute Gasteiger partial charge is 0.161 e. The van der Waals surface area contributed by atoms with Crippen molar-refractivity contribution in [2.45, 2.75) is 39.1 Å². The number of hydrogen-bond donors (Lipinski definition) is 0. The van der Waals surface area contributed by atoms with E-state index < -0.39 is 97.5 Å². The second-order valence-corrected chi connectivity index (χ2v) is 5.67. The molecule has 1 fully saturated rings. The summed E-state index contributed by atoms with van der Waals surface area (Å²) in [6.45, 7) is -3.65. The van der Waals surface area contributed by atoms with Crippen molar-refractivity contribution < 1.29 is 33.5 Å². The van der Waals surface area contributed by atoms with Crippen LogP contribution in [0.4, 0.5) is 0 Å². The highest BCUT2D eigenvalue weighted by molar-refractivity contribution is 5.83. The number of piperidine rings is 1. The third-order valence-corrected chi connectivity index (χ3v) is 3.51. The van der Waals surface area contributed by atoms with Crippen molar-refractivity contribution in [2.24, 2.45) is 11.8 Å². The summed E-state index contributed by atoms with van der Waals surface area (Å²) in [4.78, 5) is 13.6. The van der Waals surface area contributed by atoms with Gasteiger partial charge in [-0.05, 0) is 41.9 Å². The van der Waals surface area contributed by atoms with Crippen molar-refractivity contribution in [3.63, 3.8) is 0 Å². The molecule has 0 saturated carbocycles. The number of rotatable bonds is 4. The third-order valence-electron chi connectivity index (χ3n) is 3.51. The van der Waals surface area contributed by atoms with Gasteiger partial charge in [-0.25, -0.2) is 0 Å². The van der Waals surface area contributed by atoms with Crippen LogP contribution in [0.1, 0.15) is 63.0 Å². The summed E-state index contributed by atoms with van der Waals surface area (Å²) in [6, 6.07) is -4.26. The second-order valence-electron chi connectivity index (χ2n) is 5.67. The van der Waals surface area contributed by atoms with Gasteiger partial charge in [-0.3, -0.25) is 9.69 Å². The van der Waals surface area contributed by atoms with Crippen LogP contribution in [-0.4, -0.2) is 37.8 Å². The summed E-state index contributed by atoms with van der Waals surface area (Å²) >= 11 is 0. The molecular formula is C19H27NO3. The van der Waals surface area contributed by atoms with E-state index in [4.69, 9.17) is 28.7 Å². The van der Waals surface area contributed by atoms with Crippen molar-refractivity contribution in [3.8, 4) is 11.5 Å². The van der Waals surface area contributed by atoms with Crippen LogP contribution in [0.2, 0.25) is 0 Å². The summed E-state index contributed by atoms with van der Waals surface area (Å²) in [5.74, 6) is -6.53. The Balaban J connectivity index is 2.54. The van der Waals surface area contributed by atoms with Crippen molar-refractivity contribution in [1.82, 2.24) is 4.90 Å². The highest BCUT2D eigenvalue weighted by Crippen LogP contribution is 2.42. The van der Waals surface area contributed by atoms with E-state index >= 15 is 0 Å². The highest BCUT2D eigenvalue weighted by Gasteiger charge is 2.38. The maximum absolute atomic E-state index is 13.5. The van der Waals surface area contributed by atoms with Gasteiger partial charge < -0.3 is 9.47 Å². The molecule has 2 atom stereocenters. The first-order valence-electron chi connectivity index (χ1n) is 14.2. The number of carbonyl (C=O) groups is 1. The van der Waals surface area contributed by atoms with Gasteiger partial charge in [0, 0.05) is 43.6 Å². The fourth-order valence-electron chi connectivity index (χ4n) is 2.49. The molecule has 0 amide bonds. The second kappa shape index (κ2) is 6.52. The SMILES string of the molecule is [2H]c1c(OC)c(OC([2H])([2H])[2H])c([2H])c2c1C1N(C([2H])([2H])C([2H])(CC(C)C)C(=O)C1([2H])[2H])C([2H])([2H])C2([2H])[2H]. The number of Topliss-reactive ketones (excluding diaryl/α,β-unsaturated/α-hetero) is 1. The highest BCUT2D eigenvalue weighted by atomic mass is 16.5. The van der Waals surface area contributed by atoms with Crippen LogP contribution in [0.25, 0.3) is 0 Å². The molecular weight excluding hydrogens is 290 g/mol. The van der Waals surface area contributed by atoms with Gasteiger partial charge in [0.2, 0.25) is 0 Å². The Morgan fingerprint density at radius 3 is 2.96 bits per heavy atom. The van der Waals surface area contributed by atoms with Crippen LogP contribution in [0.15, 0.2) is 12.1 Å². The number of nitrogens with zero attached hydrogens (tertiary/aromatic N) is 1. The molecule has 0 aliphatic carbocycles. The zero-order valence-electron chi connectivity index (χ0n) is 27.0. The van der Waals surface area contributed by atoms with Crippen LogP contribution >= 0.6 is 0 Å². The summed E-state index contributed by atoms with van der Waals surface area (Å²) in [7, 11) is -2.21. The Hall–Kier alpha value is -1.55. The largest absolute Gasteiger partial charge is 0.493 e. The fourth-order valence-corrected chi connectivity index (χ4v) is 2.49. The molecule has 2 aliphatic rings. The van der Waals surface area contributed by atoms with Crippen molar-refractivity contribution in [2.75, 3.05) is 27.1 Å². The van der Waals surface area contributed by atoms with Crippen molar-refractivity contribution in [1.29, 1.82) is 0 Å². The molecule has 2 heterocycles. The normalized spacial score (nSPS) is 45.7. The maximum Gasteiger partial charge on any atom is 0.161 e. The minimum absolute atomic E-state index is 0.139. The molecule has 23 heavy (non-hydrogen) atoms. The van der Waals surface area contributed by atoms with E-state index in [2.05, 4.69) is 0 Å². The molecule has 3 rings (SSSR count). The van der Waals surface area contributed by atoms with Crippen molar-refractivity contribution in [3.05, 3.63) is 23.2 Å². The van der Waals surface area contributed by atoms with E-state index in [1.165, 1.54) is 0 Å². The summed E-state index contributed by atoms with van der Waals surface area (Å²) < 4.78 is 127. The molecule has 0 radical (unpaired) electrons. The van der Waals surface area contributed by atoms with E-state index in [0.717, 1.165) is 7.11 Å². The van der Waals surface area contributed by atoms with Gasteiger partial charge in [0.25, 0.3) is 0 Å². The van der Waals surface area contributed by atoms with Gasteiger partial charge in [-0.15, -0.1) is 0 Å². The van der Waals surface area contributed by atoms with Crippen LogP contribution < -0.4 is 9.47 Å². The minimum Gasteiger partial charge on any atom is -0.493 e. The number of methoxy groups -OCH3 is 2. The fraction of sp³-hybridized carbons (Fsp3) is 0.632. The lowest BCUT2D eigenvalue weighted by molar-refractivity contribution is -0.129. The van der Waals surface area contributed by atoms with E-state index in [0.29, 0.717) is 0 Å². The summed E-state index contributed by atoms with van der Waals surface area (Å²) in [6.07, 6.45) is -7.12. The Kier molecular flexibility index (Phi) is 1.81. The van der Waals surface area contributed by atoms with Crippen LogP contribution in [0.5, 0.6) is 11.5 Å². The van der Waals surface area contributed by atoms with E-state index in [-0.39, 0.29) is 4.90 Å². The molecule has 2 unspecified atom stereocenters. The van der Waals surface area contributed by atoms with Crippen LogP contribution in [0.3, 0.4) is 0 Å². The molecule has 4 heteroatoms. The first-order chi connectivity index (χ1) is 16.4. The molecule has 0 aromatic heterocycles. The number of fused-ring (bicyclic) bond motifs is 3. The molecule has 0 N–H and O–H groups in total. The summed E-state index contributed by atoms with van der Waals surface area (Å²) in [5.41, 5.74) is -1.74. The monoisotopic (exact) mass is 331 g/mol. The summed E-state index contributed by atoms with van der Waals surface area (Å²) in [5, 5.41) is 0. The number of benzene rings is 1. The maximum atomic E-state index is 13.5. The van der Waals surface area contributed by atoms with E-state index in [1.807, 2.05) is 0 Å². The Morgan fingerprint density at radius 1 is 1.48 bits per heavy atom. The Labute approximate surface area is 158 Å². The van der Waals surface area contributed by atoms with E-state index in [1.54, 1.807) is 13.8 Å². The number of ketones is 1. The molecule has 1 aromatic carbocycles. The third kappa shape index (κ3) is 3.09. The van der Waals surface area contributed by atoms with Gasteiger partial charge in [-0.1, -0.05) is 13.8 Å². The lowest BCUT2D eigenvalue weighted by Gasteiger charge is -2.43. The van der Waals surface area contributed by atoms with E-state index in [9.17, 15) is 4.79 Å². The zero-order chi connectivity index (χ0) is 28.9. The molecule has 126 valence electrons. The number of hydrogen-bond acceptors (Lipinski definition) is 4. The Bertz CT molecular complexity index is 1130. The predicted molar refractivity (Wildman–Crippen MR) is 90.1 cm³/mol. The first kappa shape index (κ1) is 6.40. The van der Waals surface area contributed by atoms with Gasteiger partial charge in [-0.2, -0.15) is 0 Å². The standard InChI is InChI=1S/C19H27NO3/c1-12(2)7-14-11-20-6-5-13-8-18(22-3)19(23-4)9-15(13)16(20)10-17(14)21/h8-9,12,14,16H,5-7,10-11H2,1-4H3/i3D3,5D2,6D2,8D,9D,10D2,11D2,14D. The topological polar surface area (TPSA) is 38.8 Å². The first-order valence-corrected chi connectivity index (χ1v) is 7.17. The van der Waals surface area contributed by atoms with Gasteiger partial charge in [0.15, 0.2) is 11.5 Å². The van der Waals surface area contributed by atoms with Crippen LogP contribution in [-0.2, 0) is 11.2 Å². The molecule has 4 nitrogen and oxygen atoms in total. The predicted octanol–water partition coefficient (Wildman–Crippen LogP) is 3.24.